The van der Waals surface area contributed by atoms with Crippen LogP contribution in [0.2, 0.25) is 0 Å². The molecular formula is C19H20N2OS. The van der Waals surface area contributed by atoms with Gasteiger partial charge in [-0.1, -0.05) is 41.7 Å². The van der Waals surface area contributed by atoms with Gasteiger partial charge in [-0.25, -0.2) is 0 Å². The Morgan fingerprint density at radius 3 is 2.52 bits per heavy atom. The molecule has 0 radical (unpaired) electrons. The zero-order valence-electron chi connectivity index (χ0n) is 13.7. The maximum atomic E-state index is 12.3. The summed E-state index contributed by atoms with van der Waals surface area (Å²) in [5.41, 5.74) is 4.69. The van der Waals surface area contributed by atoms with Crippen molar-refractivity contribution in [3.8, 4) is 0 Å². The zero-order valence-corrected chi connectivity index (χ0v) is 14.5. The number of aromatic nitrogens is 1. The molecule has 0 aliphatic rings. The van der Waals surface area contributed by atoms with E-state index in [9.17, 15) is 4.79 Å². The van der Waals surface area contributed by atoms with Gasteiger partial charge in [-0.2, -0.15) is 4.99 Å². The van der Waals surface area contributed by atoms with E-state index in [-0.39, 0.29) is 5.91 Å². The molecule has 0 unspecified atom stereocenters. The van der Waals surface area contributed by atoms with E-state index < -0.39 is 0 Å². The maximum absolute atomic E-state index is 12.3. The van der Waals surface area contributed by atoms with Crippen LogP contribution in [0.1, 0.15) is 23.6 Å². The summed E-state index contributed by atoms with van der Waals surface area (Å²) in [5.74, 6) is -0.0987. The SMILES string of the molecule is CCn1c(=NC(=O)Cc2ccccc2)sc2cc(C)c(C)cc21. The molecule has 0 N–H and O–H groups in total. The fourth-order valence-corrected chi connectivity index (χ4v) is 3.82. The summed E-state index contributed by atoms with van der Waals surface area (Å²) in [6.45, 7) is 7.12. The maximum Gasteiger partial charge on any atom is 0.252 e. The van der Waals surface area contributed by atoms with Gasteiger partial charge in [0.15, 0.2) is 4.80 Å². The second-order valence-corrected chi connectivity index (χ2v) is 6.71. The molecule has 0 bridgehead atoms. The van der Waals surface area contributed by atoms with Crippen molar-refractivity contribution in [1.29, 1.82) is 0 Å². The monoisotopic (exact) mass is 324 g/mol. The Kier molecular flexibility index (Phi) is 4.44. The van der Waals surface area contributed by atoms with Gasteiger partial charge >= 0.3 is 0 Å². The number of rotatable bonds is 3. The van der Waals surface area contributed by atoms with Crippen LogP contribution in [0.4, 0.5) is 0 Å². The quantitative estimate of drug-likeness (QED) is 0.717. The number of aryl methyl sites for hydroxylation is 3. The van der Waals surface area contributed by atoms with Gasteiger partial charge in [0.1, 0.15) is 0 Å². The van der Waals surface area contributed by atoms with Crippen LogP contribution in [-0.2, 0) is 17.8 Å². The van der Waals surface area contributed by atoms with Gasteiger partial charge < -0.3 is 4.57 Å². The number of thiazole rings is 1. The highest BCUT2D eigenvalue weighted by Crippen LogP contribution is 2.21. The van der Waals surface area contributed by atoms with Gasteiger partial charge in [-0.15, -0.1) is 0 Å². The van der Waals surface area contributed by atoms with Crippen molar-refractivity contribution in [2.45, 2.75) is 33.7 Å². The summed E-state index contributed by atoms with van der Waals surface area (Å²) >= 11 is 1.59. The van der Waals surface area contributed by atoms with Crippen molar-refractivity contribution >= 4 is 27.5 Å². The van der Waals surface area contributed by atoms with E-state index >= 15 is 0 Å². The number of carbonyl (C=O) groups excluding carboxylic acids is 1. The summed E-state index contributed by atoms with van der Waals surface area (Å²) in [5, 5.41) is 0. The molecule has 23 heavy (non-hydrogen) atoms. The number of hydrogen-bond donors (Lipinski definition) is 0. The Balaban J connectivity index is 2.03. The van der Waals surface area contributed by atoms with Gasteiger partial charge in [-0.05, 0) is 49.6 Å². The summed E-state index contributed by atoms with van der Waals surface area (Å²) < 4.78 is 3.30. The second-order valence-electron chi connectivity index (χ2n) is 5.70. The first-order chi connectivity index (χ1) is 11.1. The molecule has 0 saturated carbocycles. The van der Waals surface area contributed by atoms with Crippen molar-refractivity contribution in [2.75, 3.05) is 0 Å². The summed E-state index contributed by atoms with van der Waals surface area (Å²) in [6, 6.07) is 14.1. The van der Waals surface area contributed by atoms with Crippen molar-refractivity contribution in [3.05, 3.63) is 64.0 Å². The summed E-state index contributed by atoms with van der Waals surface area (Å²) in [4.78, 5) is 17.4. The lowest BCUT2D eigenvalue weighted by atomic mass is 10.1. The van der Waals surface area contributed by atoms with E-state index in [0.29, 0.717) is 6.42 Å². The largest absolute Gasteiger partial charge is 0.317 e. The molecule has 2 aromatic carbocycles. The van der Waals surface area contributed by atoms with E-state index in [0.717, 1.165) is 22.4 Å². The van der Waals surface area contributed by atoms with Crippen LogP contribution in [0.25, 0.3) is 10.2 Å². The fraction of sp³-hybridized carbons (Fsp3) is 0.263. The third kappa shape index (κ3) is 3.27. The lowest BCUT2D eigenvalue weighted by Gasteiger charge is -2.03. The minimum Gasteiger partial charge on any atom is -0.317 e. The molecule has 1 aromatic heterocycles. The Morgan fingerprint density at radius 2 is 1.83 bits per heavy atom. The van der Waals surface area contributed by atoms with Crippen molar-refractivity contribution < 1.29 is 4.79 Å². The molecular weight excluding hydrogens is 304 g/mol. The van der Waals surface area contributed by atoms with E-state index in [1.54, 1.807) is 11.3 Å². The molecule has 0 aliphatic heterocycles. The van der Waals surface area contributed by atoms with E-state index in [1.807, 2.05) is 30.3 Å². The molecule has 0 spiro atoms. The van der Waals surface area contributed by atoms with Gasteiger partial charge in [0, 0.05) is 6.54 Å². The first kappa shape index (κ1) is 15.7. The molecule has 0 fully saturated rings. The smallest absolute Gasteiger partial charge is 0.252 e. The van der Waals surface area contributed by atoms with E-state index in [4.69, 9.17) is 0 Å². The summed E-state index contributed by atoms with van der Waals surface area (Å²) in [6.07, 6.45) is 0.344. The molecule has 1 amide bonds. The lowest BCUT2D eigenvalue weighted by molar-refractivity contribution is -0.117. The van der Waals surface area contributed by atoms with Gasteiger partial charge in [-0.3, -0.25) is 4.79 Å². The Morgan fingerprint density at radius 1 is 1.13 bits per heavy atom. The molecule has 3 aromatic rings. The molecule has 0 aliphatic carbocycles. The molecule has 1 heterocycles. The number of hydrogen-bond acceptors (Lipinski definition) is 2. The predicted octanol–water partition coefficient (Wildman–Crippen LogP) is 4.01. The normalized spacial score (nSPS) is 12.0. The van der Waals surface area contributed by atoms with Gasteiger partial charge in [0.25, 0.3) is 5.91 Å². The second kappa shape index (κ2) is 6.50. The molecule has 118 valence electrons. The minimum atomic E-state index is -0.0987. The fourth-order valence-electron chi connectivity index (χ4n) is 2.63. The van der Waals surface area contributed by atoms with Crippen LogP contribution in [0, 0.1) is 13.8 Å². The lowest BCUT2D eigenvalue weighted by Crippen LogP contribution is -2.16. The Hall–Kier alpha value is -2.20. The Labute approximate surface area is 139 Å². The first-order valence-electron chi connectivity index (χ1n) is 7.80. The molecule has 3 rings (SSSR count). The number of benzene rings is 2. The van der Waals surface area contributed by atoms with Crippen LogP contribution in [0.15, 0.2) is 47.5 Å². The first-order valence-corrected chi connectivity index (χ1v) is 8.62. The van der Waals surface area contributed by atoms with Gasteiger partial charge in [0.2, 0.25) is 0 Å². The summed E-state index contributed by atoms with van der Waals surface area (Å²) in [7, 11) is 0. The predicted molar refractivity (Wildman–Crippen MR) is 95.7 cm³/mol. The number of amides is 1. The average molecular weight is 324 g/mol. The molecule has 3 nitrogen and oxygen atoms in total. The zero-order chi connectivity index (χ0) is 16.4. The topological polar surface area (TPSA) is 34.4 Å². The van der Waals surface area contributed by atoms with Crippen LogP contribution >= 0.6 is 11.3 Å². The Bertz CT molecular complexity index is 920. The van der Waals surface area contributed by atoms with Crippen molar-refractivity contribution in [1.82, 2.24) is 4.57 Å². The third-order valence-electron chi connectivity index (χ3n) is 4.03. The average Bonchev–Trinajstić information content (AvgIpc) is 2.84. The highest BCUT2D eigenvalue weighted by molar-refractivity contribution is 7.16. The van der Waals surface area contributed by atoms with Crippen molar-refractivity contribution in [3.63, 3.8) is 0 Å². The molecule has 0 atom stereocenters. The third-order valence-corrected chi connectivity index (χ3v) is 5.07. The standard InChI is InChI=1S/C19H20N2OS/c1-4-21-16-10-13(2)14(3)11-17(16)23-19(21)20-18(22)12-15-8-6-5-7-9-15/h5-11H,4,12H2,1-3H3. The highest BCUT2D eigenvalue weighted by Gasteiger charge is 2.09. The van der Waals surface area contributed by atoms with Gasteiger partial charge in [0.05, 0.1) is 16.6 Å². The highest BCUT2D eigenvalue weighted by atomic mass is 32.1. The molecule has 4 heteroatoms. The van der Waals surface area contributed by atoms with Crippen LogP contribution in [-0.4, -0.2) is 10.5 Å². The number of carbonyl (C=O) groups is 1. The van der Waals surface area contributed by atoms with Crippen LogP contribution in [0.5, 0.6) is 0 Å². The number of nitrogens with zero attached hydrogens (tertiary/aromatic N) is 2. The van der Waals surface area contributed by atoms with Crippen molar-refractivity contribution in [2.24, 2.45) is 4.99 Å². The van der Waals surface area contributed by atoms with E-state index in [1.165, 1.54) is 15.8 Å². The number of fused-ring (bicyclic) bond motifs is 1. The molecule has 0 saturated heterocycles. The van der Waals surface area contributed by atoms with Crippen LogP contribution < -0.4 is 4.80 Å². The minimum absolute atomic E-state index is 0.0987. The van der Waals surface area contributed by atoms with Crippen LogP contribution in [0.3, 0.4) is 0 Å². The van der Waals surface area contributed by atoms with E-state index in [2.05, 4.69) is 42.5 Å².